The summed E-state index contributed by atoms with van der Waals surface area (Å²) >= 11 is 0. The molecular formula is C10H19NO2S. The maximum Gasteiger partial charge on any atom is 0.211 e. The summed E-state index contributed by atoms with van der Waals surface area (Å²) < 4.78 is 24.5. The van der Waals surface area contributed by atoms with Gasteiger partial charge in [-0.1, -0.05) is 26.0 Å². The first-order valence-electron chi connectivity index (χ1n) is 5.04. The van der Waals surface area contributed by atoms with Crippen LogP contribution in [0.15, 0.2) is 12.2 Å². The normalized spacial score (nSPS) is 24.4. The second-order valence-corrected chi connectivity index (χ2v) is 6.22. The van der Waals surface area contributed by atoms with E-state index in [1.807, 2.05) is 6.08 Å². The average molecular weight is 217 g/mol. The van der Waals surface area contributed by atoms with E-state index in [4.69, 9.17) is 0 Å². The van der Waals surface area contributed by atoms with Gasteiger partial charge in [-0.15, -0.1) is 0 Å². The Morgan fingerprint density at radius 3 is 2.64 bits per heavy atom. The van der Waals surface area contributed by atoms with E-state index in [1.165, 1.54) is 6.26 Å². The first-order valence-corrected chi connectivity index (χ1v) is 6.89. The van der Waals surface area contributed by atoms with E-state index in [-0.39, 0.29) is 6.04 Å². The molecule has 0 spiro atoms. The molecule has 1 aliphatic heterocycles. The van der Waals surface area contributed by atoms with Gasteiger partial charge in [-0.05, 0) is 18.8 Å². The number of nitrogens with zero attached hydrogens (tertiary/aromatic N) is 1. The minimum absolute atomic E-state index is 0.0683. The van der Waals surface area contributed by atoms with Gasteiger partial charge in [0.05, 0.1) is 6.26 Å². The van der Waals surface area contributed by atoms with Crippen molar-refractivity contribution in [1.29, 1.82) is 0 Å². The van der Waals surface area contributed by atoms with E-state index < -0.39 is 10.0 Å². The Bertz CT molecular complexity index is 306. The highest BCUT2D eigenvalue weighted by Gasteiger charge is 2.26. The van der Waals surface area contributed by atoms with Gasteiger partial charge < -0.3 is 0 Å². The summed E-state index contributed by atoms with van der Waals surface area (Å²) in [4.78, 5) is 0. The highest BCUT2D eigenvalue weighted by atomic mass is 32.2. The molecule has 0 amide bonds. The lowest BCUT2D eigenvalue weighted by Gasteiger charge is -2.31. The van der Waals surface area contributed by atoms with Crippen LogP contribution in [-0.4, -0.2) is 31.6 Å². The average Bonchev–Trinajstić information content (AvgIpc) is 2.01. The maximum atomic E-state index is 11.5. The van der Waals surface area contributed by atoms with Crippen molar-refractivity contribution in [3.63, 3.8) is 0 Å². The lowest BCUT2D eigenvalue weighted by molar-refractivity contribution is 0.317. The van der Waals surface area contributed by atoms with Crippen LogP contribution in [-0.2, 0) is 10.0 Å². The van der Waals surface area contributed by atoms with E-state index in [1.54, 1.807) is 4.31 Å². The van der Waals surface area contributed by atoms with Crippen LogP contribution in [0.25, 0.3) is 0 Å². The van der Waals surface area contributed by atoms with Crippen LogP contribution in [0.5, 0.6) is 0 Å². The fourth-order valence-electron chi connectivity index (χ4n) is 1.81. The van der Waals surface area contributed by atoms with Crippen LogP contribution in [0.4, 0.5) is 0 Å². The first-order chi connectivity index (χ1) is 6.41. The molecule has 0 bridgehead atoms. The molecule has 0 aliphatic carbocycles. The molecule has 0 saturated carbocycles. The summed E-state index contributed by atoms with van der Waals surface area (Å²) in [7, 11) is -3.04. The molecule has 4 heteroatoms. The third kappa shape index (κ3) is 3.10. The summed E-state index contributed by atoms with van der Waals surface area (Å²) in [6.07, 6.45) is 7.13. The Morgan fingerprint density at radius 1 is 1.50 bits per heavy atom. The smallest absolute Gasteiger partial charge is 0.211 e. The molecule has 0 aromatic carbocycles. The Labute approximate surface area is 86.8 Å². The highest BCUT2D eigenvalue weighted by Crippen LogP contribution is 2.19. The van der Waals surface area contributed by atoms with Crippen LogP contribution >= 0.6 is 0 Å². The van der Waals surface area contributed by atoms with Crippen molar-refractivity contribution in [3.05, 3.63) is 12.2 Å². The lowest BCUT2D eigenvalue weighted by Crippen LogP contribution is -2.41. The van der Waals surface area contributed by atoms with Gasteiger partial charge in [-0.3, -0.25) is 0 Å². The molecule has 1 rings (SSSR count). The third-order valence-electron chi connectivity index (χ3n) is 2.38. The predicted molar refractivity (Wildman–Crippen MR) is 58.5 cm³/mol. The Balaban J connectivity index is 2.78. The summed E-state index contributed by atoms with van der Waals surface area (Å²) in [5.41, 5.74) is 0. The summed E-state index contributed by atoms with van der Waals surface area (Å²) in [6, 6.07) is 0.0683. The quantitative estimate of drug-likeness (QED) is 0.674. The van der Waals surface area contributed by atoms with Gasteiger partial charge in [-0.2, -0.15) is 4.31 Å². The second-order valence-electron chi connectivity index (χ2n) is 4.29. The molecule has 82 valence electrons. The van der Waals surface area contributed by atoms with E-state index in [0.717, 1.165) is 12.8 Å². The topological polar surface area (TPSA) is 37.4 Å². The molecule has 0 fully saturated rings. The van der Waals surface area contributed by atoms with Crippen molar-refractivity contribution >= 4 is 10.0 Å². The van der Waals surface area contributed by atoms with Crippen LogP contribution in [0.2, 0.25) is 0 Å². The van der Waals surface area contributed by atoms with E-state index >= 15 is 0 Å². The van der Waals surface area contributed by atoms with Gasteiger partial charge in [0.1, 0.15) is 0 Å². The standard InChI is InChI=1S/C10H19NO2S/c1-9(2)8-10-6-4-5-7-11(10)14(3,12)13/h4,6,9-10H,5,7-8H2,1-3H3/t10-/m0/s1. The largest absolute Gasteiger partial charge is 0.212 e. The van der Waals surface area contributed by atoms with Crippen molar-refractivity contribution in [2.45, 2.75) is 32.7 Å². The molecule has 1 aliphatic rings. The lowest BCUT2D eigenvalue weighted by atomic mass is 10.0. The van der Waals surface area contributed by atoms with E-state index in [9.17, 15) is 8.42 Å². The minimum atomic E-state index is -3.04. The van der Waals surface area contributed by atoms with Crippen LogP contribution in [0, 0.1) is 5.92 Å². The van der Waals surface area contributed by atoms with Gasteiger partial charge in [0.15, 0.2) is 0 Å². The van der Waals surface area contributed by atoms with E-state index in [0.29, 0.717) is 12.5 Å². The Hall–Kier alpha value is -0.350. The van der Waals surface area contributed by atoms with Crippen LogP contribution in [0.1, 0.15) is 26.7 Å². The number of rotatable bonds is 3. The van der Waals surface area contributed by atoms with Gasteiger partial charge in [0.25, 0.3) is 0 Å². The zero-order chi connectivity index (χ0) is 10.8. The highest BCUT2D eigenvalue weighted by molar-refractivity contribution is 7.88. The SMILES string of the molecule is CC(C)C[C@@H]1C=CCCN1S(C)(=O)=O. The van der Waals surface area contributed by atoms with Crippen molar-refractivity contribution < 1.29 is 8.42 Å². The summed E-state index contributed by atoms with van der Waals surface area (Å²) in [5, 5.41) is 0. The number of hydrogen-bond acceptors (Lipinski definition) is 2. The van der Waals surface area contributed by atoms with Gasteiger partial charge in [-0.25, -0.2) is 8.42 Å². The molecular weight excluding hydrogens is 198 g/mol. The molecule has 0 unspecified atom stereocenters. The Morgan fingerprint density at radius 2 is 2.14 bits per heavy atom. The van der Waals surface area contributed by atoms with Crippen molar-refractivity contribution in [1.82, 2.24) is 4.31 Å². The molecule has 0 aromatic heterocycles. The molecule has 0 aromatic rings. The number of hydrogen-bond donors (Lipinski definition) is 0. The summed E-state index contributed by atoms with van der Waals surface area (Å²) in [5.74, 6) is 0.520. The molecule has 0 saturated heterocycles. The van der Waals surface area contributed by atoms with E-state index in [2.05, 4.69) is 19.9 Å². The molecule has 1 atom stereocenters. The van der Waals surface area contributed by atoms with Crippen LogP contribution < -0.4 is 0 Å². The molecule has 1 heterocycles. The minimum Gasteiger partial charge on any atom is -0.212 e. The van der Waals surface area contributed by atoms with Crippen molar-refractivity contribution in [2.24, 2.45) is 5.92 Å². The van der Waals surface area contributed by atoms with Crippen molar-refractivity contribution in [3.8, 4) is 0 Å². The Kier molecular flexibility index (Phi) is 3.72. The first kappa shape index (κ1) is 11.7. The van der Waals surface area contributed by atoms with Gasteiger partial charge in [0.2, 0.25) is 10.0 Å². The second kappa shape index (κ2) is 4.45. The zero-order valence-electron chi connectivity index (χ0n) is 9.10. The summed E-state index contributed by atoms with van der Waals surface area (Å²) in [6.45, 7) is 4.86. The maximum absolute atomic E-state index is 11.5. The monoisotopic (exact) mass is 217 g/mol. The molecule has 14 heavy (non-hydrogen) atoms. The fraction of sp³-hybridized carbons (Fsp3) is 0.800. The number of sulfonamides is 1. The predicted octanol–water partition coefficient (Wildman–Crippen LogP) is 1.62. The molecule has 0 N–H and O–H groups in total. The van der Waals surface area contributed by atoms with Gasteiger partial charge >= 0.3 is 0 Å². The van der Waals surface area contributed by atoms with Gasteiger partial charge in [0, 0.05) is 12.6 Å². The zero-order valence-corrected chi connectivity index (χ0v) is 9.92. The van der Waals surface area contributed by atoms with Crippen LogP contribution in [0.3, 0.4) is 0 Å². The fourth-order valence-corrected chi connectivity index (χ4v) is 2.89. The third-order valence-corrected chi connectivity index (χ3v) is 3.69. The molecule has 0 radical (unpaired) electrons. The molecule has 3 nitrogen and oxygen atoms in total. The van der Waals surface area contributed by atoms with Crippen molar-refractivity contribution in [2.75, 3.05) is 12.8 Å².